The third kappa shape index (κ3) is 6.76. The molecule has 1 N–H and O–H groups in total. The molecule has 2 atom stereocenters. The summed E-state index contributed by atoms with van der Waals surface area (Å²) in [6, 6.07) is 12.5. The van der Waals surface area contributed by atoms with Crippen molar-refractivity contribution >= 4 is 35.0 Å². The van der Waals surface area contributed by atoms with Crippen molar-refractivity contribution in [3.05, 3.63) is 69.2 Å². The molecule has 0 saturated carbocycles. The quantitative estimate of drug-likeness (QED) is 0.622. The summed E-state index contributed by atoms with van der Waals surface area (Å²) in [6.07, 6.45) is 1.05. The van der Waals surface area contributed by atoms with E-state index in [4.69, 9.17) is 23.2 Å². The molecule has 2 amide bonds. The number of nitrogens with zero attached hydrogens (tertiary/aromatic N) is 1. The van der Waals surface area contributed by atoms with Crippen molar-refractivity contribution in [1.82, 2.24) is 10.2 Å². The van der Waals surface area contributed by atoms with E-state index < -0.39 is 6.04 Å². The number of halogens is 2. The summed E-state index contributed by atoms with van der Waals surface area (Å²) in [4.78, 5) is 27.5. The Balaban J connectivity index is 2.26. The van der Waals surface area contributed by atoms with Gasteiger partial charge in [-0.1, -0.05) is 66.0 Å². The molecule has 0 unspecified atom stereocenters. The van der Waals surface area contributed by atoms with Crippen LogP contribution < -0.4 is 5.32 Å². The molecular weight excluding hydrogens is 407 g/mol. The molecule has 156 valence electrons. The van der Waals surface area contributed by atoms with Gasteiger partial charge in [0.25, 0.3) is 0 Å². The molecule has 0 heterocycles. The fourth-order valence-corrected chi connectivity index (χ4v) is 3.30. The lowest BCUT2D eigenvalue weighted by atomic mass is 10.1. The summed E-state index contributed by atoms with van der Waals surface area (Å²) in [7, 11) is 0. The average molecular weight is 435 g/mol. The molecule has 4 nitrogen and oxygen atoms in total. The van der Waals surface area contributed by atoms with Crippen molar-refractivity contribution in [2.75, 3.05) is 0 Å². The van der Waals surface area contributed by atoms with Gasteiger partial charge in [-0.05, 0) is 50.5 Å². The number of rotatable bonds is 8. The number of hydrogen-bond acceptors (Lipinski definition) is 2. The highest BCUT2D eigenvalue weighted by Crippen LogP contribution is 2.24. The van der Waals surface area contributed by atoms with Crippen LogP contribution in [0, 0.1) is 6.92 Å². The number of aryl methyl sites for hydroxylation is 1. The van der Waals surface area contributed by atoms with Crippen LogP contribution in [-0.4, -0.2) is 28.8 Å². The largest absolute Gasteiger partial charge is 0.352 e. The topological polar surface area (TPSA) is 49.4 Å². The van der Waals surface area contributed by atoms with Crippen LogP contribution in [0.3, 0.4) is 0 Å². The predicted octanol–water partition coefficient (Wildman–Crippen LogP) is 5.18. The van der Waals surface area contributed by atoms with E-state index in [2.05, 4.69) is 5.32 Å². The second-order valence-corrected chi connectivity index (χ2v) is 8.24. The van der Waals surface area contributed by atoms with Crippen LogP contribution in [0.15, 0.2) is 42.5 Å². The molecule has 0 fully saturated rings. The molecule has 29 heavy (non-hydrogen) atoms. The molecule has 0 bridgehead atoms. The normalized spacial score (nSPS) is 12.9. The Labute approximate surface area is 183 Å². The maximum absolute atomic E-state index is 13.2. The molecule has 0 aliphatic rings. The van der Waals surface area contributed by atoms with Gasteiger partial charge in [0.05, 0.1) is 16.5 Å². The highest BCUT2D eigenvalue weighted by Gasteiger charge is 2.27. The molecule has 0 aliphatic carbocycles. The van der Waals surface area contributed by atoms with Crippen molar-refractivity contribution < 1.29 is 9.59 Å². The Bertz CT molecular complexity index is 870. The first-order valence-electron chi connectivity index (χ1n) is 9.80. The van der Waals surface area contributed by atoms with Gasteiger partial charge in [0.2, 0.25) is 11.8 Å². The zero-order valence-electron chi connectivity index (χ0n) is 17.3. The fraction of sp³-hybridized carbons (Fsp3) is 0.391. The smallest absolute Gasteiger partial charge is 0.242 e. The summed E-state index contributed by atoms with van der Waals surface area (Å²) in [5, 5.41) is 3.84. The second-order valence-electron chi connectivity index (χ2n) is 7.43. The minimum absolute atomic E-state index is 0.0450. The van der Waals surface area contributed by atoms with E-state index in [1.807, 2.05) is 51.1 Å². The Morgan fingerprint density at radius 3 is 2.38 bits per heavy atom. The molecule has 0 aromatic heterocycles. The van der Waals surface area contributed by atoms with Crippen LogP contribution in [0.4, 0.5) is 0 Å². The fourth-order valence-electron chi connectivity index (χ4n) is 2.98. The van der Waals surface area contributed by atoms with E-state index in [0.29, 0.717) is 10.0 Å². The number of hydrogen-bond donors (Lipinski definition) is 1. The lowest BCUT2D eigenvalue weighted by molar-refractivity contribution is -0.140. The summed E-state index contributed by atoms with van der Waals surface area (Å²) in [6.45, 7) is 7.97. The van der Waals surface area contributed by atoms with Gasteiger partial charge in [-0.3, -0.25) is 9.59 Å². The average Bonchev–Trinajstić information content (AvgIpc) is 2.68. The molecular formula is C23H28Cl2N2O2. The number of benzene rings is 2. The van der Waals surface area contributed by atoms with Gasteiger partial charge in [-0.15, -0.1) is 0 Å². The lowest BCUT2D eigenvalue weighted by Gasteiger charge is -2.30. The monoisotopic (exact) mass is 434 g/mol. The maximum Gasteiger partial charge on any atom is 0.242 e. The summed E-state index contributed by atoms with van der Waals surface area (Å²) < 4.78 is 0. The van der Waals surface area contributed by atoms with Gasteiger partial charge in [0.15, 0.2) is 0 Å². The van der Waals surface area contributed by atoms with Gasteiger partial charge >= 0.3 is 0 Å². The van der Waals surface area contributed by atoms with Crippen molar-refractivity contribution in [1.29, 1.82) is 0 Å². The standard InChI is InChI=1S/C23H28Cl2N2O2/c1-5-16(3)26-23(29)17(4)27(14-19-9-10-20(24)21(25)12-19)22(28)13-18-8-6-7-15(2)11-18/h6-12,16-17H,5,13-14H2,1-4H3,(H,26,29)/t16-,17+/m0/s1. The van der Waals surface area contributed by atoms with E-state index in [9.17, 15) is 9.59 Å². The predicted molar refractivity (Wildman–Crippen MR) is 119 cm³/mol. The zero-order valence-corrected chi connectivity index (χ0v) is 18.8. The first-order chi connectivity index (χ1) is 13.7. The third-order valence-corrected chi connectivity index (χ3v) is 5.68. The maximum atomic E-state index is 13.2. The van der Waals surface area contributed by atoms with E-state index in [-0.39, 0.29) is 30.8 Å². The highest BCUT2D eigenvalue weighted by atomic mass is 35.5. The zero-order chi connectivity index (χ0) is 21.6. The minimum atomic E-state index is -0.615. The van der Waals surface area contributed by atoms with Crippen LogP contribution >= 0.6 is 23.2 Å². The number of amides is 2. The molecule has 2 rings (SSSR count). The molecule has 0 aliphatic heterocycles. The van der Waals surface area contributed by atoms with Crippen molar-refractivity contribution in [2.24, 2.45) is 0 Å². The number of nitrogens with one attached hydrogen (secondary N) is 1. The van der Waals surface area contributed by atoms with Crippen molar-refractivity contribution in [3.63, 3.8) is 0 Å². The van der Waals surface area contributed by atoms with Crippen molar-refractivity contribution in [3.8, 4) is 0 Å². The van der Waals surface area contributed by atoms with Crippen molar-refractivity contribution in [2.45, 2.75) is 59.2 Å². The molecule has 0 saturated heterocycles. The first kappa shape index (κ1) is 23.2. The van der Waals surface area contributed by atoms with Crippen LogP contribution in [0.1, 0.15) is 43.9 Å². The third-order valence-electron chi connectivity index (χ3n) is 4.94. The van der Waals surface area contributed by atoms with Gasteiger partial charge in [-0.2, -0.15) is 0 Å². The SMILES string of the molecule is CC[C@H](C)NC(=O)[C@@H](C)N(Cc1ccc(Cl)c(Cl)c1)C(=O)Cc1cccc(C)c1. The summed E-state index contributed by atoms with van der Waals surface area (Å²) >= 11 is 12.2. The highest BCUT2D eigenvalue weighted by molar-refractivity contribution is 6.42. The van der Waals surface area contributed by atoms with Gasteiger partial charge in [-0.25, -0.2) is 0 Å². The van der Waals surface area contributed by atoms with E-state index in [1.165, 1.54) is 0 Å². The van der Waals surface area contributed by atoms with E-state index >= 15 is 0 Å². The Morgan fingerprint density at radius 1 is 1.03 bits per heavy atom. The van der Waals surface area contributed by atoms with Crippen LogP contribution in [0.5, 0.6) is 0 Å². The summed E-state index contributed by atoms with van der Waals surface area (Å²) in [5.74, 6) is -0.287. The number of carbonyl (C=O) groups is 2. The Morgan fingerprint density at radius 2 is 1.76 bits per heavy atom. The van der Waals surface area contributed by atoms with Gasteiger partial charge < -0.3 is 10.2 Å². The van der Waals surface area contributed by atoms with Gasteiger partial charge in [0.1, 0.15) is 6.04 Å². The van der Waals surface area contributed by atoms with Gasteiger partial charge in [0, 0.05) is 12.6 Å². The molecule has 2 aromatic rings. The lowest BCUT2D eigenvalue weighted by Crippen LogP contribution is -2.49. The van der Waals surface area contributed by atoms with E-state index in [1.54, 1.807) is 24.0 Å². The molecule has 0 spiro atoms. The number of carbonyl (C=O) groups excluding carboxylic acids is 2. The Kier molecular flexibility index (Phi) is 8.54. The second kappa shape index (κ2) is 10.7. The minimum Gasteiger partial charge on any atom is -0.352 e. The van der Waals surface area contributed by atoms with Crippen LogP contribution in [0.25, 0.3) is 0 Å². The van der Waals surface area contributed by atoms with Crippen LogP contribution in [0.2, 0.25) is 10.0 Å². The Hall–Kier alpha value is -2.04. The molecule has 2 aromatic carbocycles. The first-order valence-corrected chi connectivity index (χ1v) is 10.6. The summed E-state index contributed by atoms with van der Waals surface area (Å²) in [5.41, 5.74) is 2.83. The van der Waals surface area contributed by atoms with Crippen LogP contribution in [-0.2, 0) is 22.6 Å². The van der Waals surface area contributed by atoms with E-state index in [0.717, 1.165) is 23.1 Å². The molecule has 6 heteroatoms. The molecule has 0 radical (unpaired) electrons.